The number of benzene rings is 1. The van der Waals surface area contributed by atoms with Crippen LogP contribution in [0.15, 0.2) is 53.1 Å². The van der Waals surface area contributed by atoms with Crippen LogP contribution in [0.5, 0.6) is 0 Å². The Balaban J connectivity index is 1.77. The van der Waals surface area contributed by atoms with Crippen molar-refractivity contribution in [1.29, 1.82) is 5.26 Å². The predicted octanol–water partition coefficient (Wildman–Crippen LogP) is 6.99. The minimum Gasteiger partial charge on any atom is -0.462 e. The van der Waals surface area contributed by atoms with E-state index >= 15 is 0 Å². The Morgan fingerprint density at radius 1 is 1.25 bits per heavy atom. The molecule has 164 valence electrons. The van der Waals surface area contributed by atoms with E-state index in [4.69, 9.17) is 11.3 Å². The number of anilines is 1. The van der Waals surface area contributed by atoms with Crippen molar-refractivity contribution in [2.45, 2.75) is 71.3 Å². The van der Waals surface area contributed by atoms with Gasteiger partial charge in [0.1, 0.15) is 11.5 Å². The first-order valence-corrected chi connectivity index (χ1v) is 11.3. The summed E-state index contributed by atoms with van der Waals surface area (Å²) in [5.41, 5.74) is 6.44. The molecule has 0 spiro atoms. The maximum absolute atomic E-state index is 9.22. The van der Waals surface area contributed by atoms with Gasteiger partial charge in [-0.1, -0.05) is 26.8 Å². The zero-order valence-corrected chi connectivity index (χ0v) is 19.9. The molecular weight excluding hydrogens is 394 g/mol. The lowest BCUT2D eigenvalue weighted by atomic mass is 9.69. The summed E-state index contributed by atoms with van der Waals surface area (Å²) < 4.78 is 5.84. The van der Waals surface area contributed by atoms with Gasteiger partial charge in [-0.3, -0.25) is 0 Å². The van der Waals surface area contributed by atoms with E-state index in [9.17, 15) is 5.26 Å². The average molecular weight is 426 g/mol. The zero-order valence-electron chi connectivity index (χ0n) is 19.9. The van der Waals surface area contributed by atoms with Crippen LogP contribution in [-0.2, 0) is 10.2 Å². The third-order valence-electron chi connectivity index (χ3n) is 7.06. The number of hydrogen-bond donors (Lipinski definition) is 0. The van der Waals surface area contributed by atoms with Gasteiger partial charge in [-0.2, -0.15) is 0 Å². The minimum atomic E-state index is 0.0787. The number of allylic oxidation sites excluding steroid dienone is 6. The quantitative estimate of drug-likeness (QED) is 0.379. The summed E-state index contributed by atoms with van der Waals surface area (Å²) in [6.45, 7) is 22.0. The van der Waals surface area contributed by atoms with Crippen LogP contribution >= 0.6 is 0 Å². The Bertz CT molecular complexity index is 1160. The molecule has 0 fully saturated rings. The van der Waals surface area contributed by atoms with Crippen molar-refractivity contribution in [2.24, 2.45) is 0 Å². The summed E-state index contributed by atoms with van der Waals surface area (Å²) in [6, 6.07) is 6.63. The minimum absolute atomic E-state index is 0.0787. The summed E-state index contributed by atoms with van der Waals surface area (Å²) in [6.07, 6.45) is 9.81. The number of nitrogens with zero attached hydrogens (tertiary/aromatic N) is 3. The van der Waals surface area contributed by atoms with Crippen molar-refractivity contribution in [1.82, 2.24) is 0 Å². The fourth-order valence-electron chi connectivity index (χ4n) is 5.39. The highest BCUT2D eigenvalue weighted by molar-refractivity contribution is 5.72. The molecule has 3 heterocycles. The lowest BCUT2D eigenvalue weighted by Crippen LogP contribution is -2.53. The van der Waals surface area contributed by atoms with E-state index in [1.54, 1.807) is 12.2 Å². The molecule has 4 nitrogen and oxygen atoms in total. The fourth-order valence-corrected chi connectivity index (χ4v) is 5.39. The number of nitriles is 1. The van der Waals surface area contributed by atoms with E-state index in [2.05, 4.69) is 62.6 Å². The van der Waals surface area contributed by atoms with Crippen molar-refractivity contribution in [3.05, 3.63) is 81.3 Å². The largest absolute Gasteiger partial charge is 0.462 e. The topological polar surface area (TPSA) is 40.6 Å². The monoisotopic (exact) mass is 425 g/mol. The summed E-state index contributed by atoms with van der Waals surface area (Å²) in [5, 5.41) is 9.22. The lowest BCUT2D eigenvalue weighted by molar-refractivity contribution is 0.318. The van der Waals surface area contributed by atoms with Crippen LogP contribution in [0.1, 0.15) is 77.0 Å². The van der Waals surface area contributed by atoms with Crippen molar-refractivity contribution in [3.8, 4) is 6.07 Å². The molecule has 0 amide bonds. The van der Waals surface area contributed by atoms with Crippen LogP contribution in [0.3, 0.4) is 0 Å². The molecule has 1 aromatic carbocycles. The maximum atomic E-state index is 9.22. The van der Waals surface area contributed by atoms with Crippen LogP contribution in [0.2, 0.25) is 0 Å². The van der Waals surface area contributed by atoms with E-state index < -0.39 is 0 Å². The molecule has 0 saturated heterocycles. The molecule has 0 N–H and O–H groups in total. The average Bonchev–Trinajstić information content (AvgIpc) is 2.71. The van der Waals surface area contributed by atoms with Gasteiger partial charge in [0.05, 0.1) is 12.6 Å². The number of ether oxygens (including phenoxy) is 1. The molecule has 0 aliphatic carbocycles. The number of hydrogen-bond acceptors (Lipinski definition) is 3. The molecule has 1 aromatic rings. The van der Waals surface area contributed by atoms with Crippen LogP contribution in [-0.4, -0.2) is 12.1 Å². The van der Waals surface area contributed by atoms with Crippen molar-refractivity contribution in [3.63, 3.8) is 0 Å². The normalized spacial score (nSPS) is 24.5. The SMILES string of the molecule is [C-]#[N+]/C(C#N)=C1/C=C(C)OC(/C=C/c2cc3c4c(c2)C(C)(C)CCN4C(C)(C)CC3C)=C1. The molecule has 0 radical (unpaired) electrons. The highest BCUT2D eigenvalue weighted by Crippen LogP contribution is 2.52. The molecule has 0 bridgehead atoms. The van der Waals surface area contributed by atoms with Gasteiger partial charge in [0, 0.05) is 17.8 Å². The molecular formula is C28H31N3O. The van der Waals surface area contributed by atoms with Gasteiger partial charge in [-0.15, -0.1) is 0 Å². The van der Waals surface area contributed by atoms with E-state index in [0.29, 0.717) is 23.0 Å². The van der Waals surface area contributed by atoms with Gasteiger partial charge in [0.15, 0.2) is 0 Å². The van der Waals surface area contributed by atoms with Gasteiger partial charge >= 0.3 is 0 Å². The highest BCUT2D eigenvalue weighted by atomic mass is 16.5. The molecule has 32 heavy (non-hydrogen) atoms. The van der Waals surface area contributed by atoms with Crippen LogP contribution in [0, 0.1) is 17.9 Å². The van der Waals surface area contributed by atoms with Gasteiger partial charge < -0.3 is 9.64 Å². The van der Waals surface area contributed by atoms with Crippen LogP contribution < -0.4 is 4.90 Å². The van der Waals surface area contributed by atoms with Crippen LogP contribution in [0.25, 0.3) is 10.9 Å². The molecule has 0 aromatic heterocycles. The lowest BCUT2D eigenvalue weighted by Gasteiger charge is -2.53. The van der Waals surface area contributed by atoms with Gasteiger partial charge in [-0.25, -0.2) is 10.1 Å². The van der Waals surface area contributed by atoms with Crippen molar-refractivity contribution in [2.75, 3.05) is 11.4 Å². The standard InChI is InChI=1S/C28H31N3O/c1-18-16-28(5,6)31-11-10-27(3,4)24-14-20(13-23(18)26(24)31)8-9-22-15-21(12-19(2)32-22)25(17-29)30-7/h8-9,12-15,18H,10-11,16H2,1-6H3/b9-8+,25-21-. The maximum Gasteiger partial charge on any atom is 0.269 e. The van der Waals surface area contributed by atoms with E-state index in [0.717, 1.165) is 24.9 Å². The van der Waals surface area contributed by atoms with E-state index in [1.165, 1.54) is 16.8 Å². The summed E-state index contributed by atoms with van der Waals surface area (Å²) >= 11 is 0. The van der Waals surface area contributed by atoms with Gasteiger partial charge in [0.25, 0.3) is 5.70 Å². The first kappa shape index (κ1) is 22.0. The van der Waals surface area contributed by atoms with Crippen molar-refractivity contribution >= 4 is 11.8 Å². The van der Waals surface area contributed by atoms with Crippen LogP contribution in [0.4, 0.5) is 5.69 Å². The summed E-state index contributed by atoms with van der Waals surface area (Å²) in [4.78, 5) is 5.96. The second kappa shape index (κ2) is 7.72. The molecule has 1 unspecified atom stereocenters. The fraction of sp³-hybridized carbons (Fsp3) is 0.429. The molecule has 0 saturated carbocycles. The Kier molecular flexibility index (Phi) is 5.30. The Morgan fingerprint density at radius 2 is 2.00 bits per heavy atom. The van der Waals surface area contributed by atoms with Gasteiger partial charge in [-0.05, 0) is 97.6 Å². The highest BCUT2D eigenvalue weighted by Gasteiger charge is 2.43. The molecule has 4 heteroatoms. The second-order valence-corrected chi connectivity index (χ2v) is 10.5. The smallest absolute Gasteiger partial charge is 0.269 e. The first-order chi connectivity index (χ1) is 15.1. The predicted molar refractivity (Wildman–Crippen MR) is 130 cm³/mol. The van der Waals surface area contributed by atoms with E-state index in [1.807, 2.05) is 19.1 Å². The van der Waals surface area contributed by atoms with E-state index in [-0.39, 0.29) is 16.7 Å². The van der Waals surface area contributed by atoms with Gasteiger partial charge in [0.2, 0.25) is 0 Å². The first-order valence-electron chi connectivity index (χ1n) is 11.3. The molecule has 3 aliphatic rings. The molecule has 1 atom stereocenters. The zero-order chi connectivity index (χ0) is 23.3. The third kappa shape index (κ3) is 3.76. The summed E-state index contributed by atoms with van der Waals surface area (Å²) in [5.74, 6) is 1.81. The number of rotatable bonds is 2. The Hall–Kier alpha value is -3.24. The summed E-state index contributed by atoms with van der Waals surface area (Å²) in [7, 11) is 0. The third-order valence-corrected chi connectivity index (χ3v) is 7.06. The molecule has 3 aliphatic heterocycles. The second-order valence-electron chi connectivity index (χ2n) is 10.5. The Morgan fingerprint density at radius 3 is 2.69 bits per heavy atom. The Labute approximate surface area is 192 Å². The molecule has 4 rings (SSSR count). The van der Waals surface area contributed by atoms with Crippen molar-refractivity contribution < 1.29 is 4.74 Å².